The third-order valence-corrected chi connectivity index (χ3v) is 2.81. The van der Waals surface area contributed by atoms with Gasteiger partial charge in [0.25, 0.3) is 0 Å². The van der Waals surface area contributed by atoms with Gasteiger partial charge in [0.1, 0.15) is 5.82 Å². The number of primary amides is 1. The first-order chi connectivity index (χ1) is 7.99. The van der Waals surface area contributed by atoms with E-state index in [4.69, 9.17) is 5.73 Å². The van der Waals surface area contributed by atoms with Gasteiger partial charge in [0.15, 0.2) is 0 Å². The Morgan fingerprint density at radius 3 is 2.65 bits per heavy atom. The van der Waals surface area contributed by atoms with Crippen LogP contribution in [0, 0.1) is 5.82 Å². The normalized spacial score (nSPS) is 14.3. The van der Waals surface area contributed by atoms with Crippen molar-refractivity contribution in [2.24, 2.45) is 5.73 Å². The Bertz CT molecular complexity index is 395. The molecule has 3 nitrogen and oxygen atoms in total. The van der Waals surface area contributed by atoms with Crippen molar-refractivity contribution in [2.45, 2.75) is 32.2 Å². The SMILES string of the molecule is CCCNC(C)(Cc1ccccc1F)C(N)=O. The number of amides is 1. The van der Waals surface area contributed by atoms with Gasteiger partial charge in [-0.2, -0.15) is 0 Å². The fourth-order valence-corrected chi connectivity index (χ4v) is 1.66. The zero-order valence-electron chi connectivity index (χ0n) is 10.3. The zero-order chi connectivity index (χ0) is 12.9. The van der Waals surface area contributed by atoms with Crippen LogP contribution in [0.5, 0.6) is 0 Å². The number of nitrogens with two attached hydrogens (primary N) is 1. The maximum atomic E-state index is 13.5. The van der Waals surface area contributed by atoms with Crippen LogP contribution in [0.3, 0.4) is 0 Å². The molecule has 17 heavy (non-hydrogen) atoms. The van der Waals surface area contributed by atoms with Crippen LogP contribution in [0.2, 0.25) is 0 Å². The minimum absolute atomic E-state index is 0.259. The van der Waals surface area contributed by atoms with Gasteiger partial charge < -0.3 is 11.1 Å². The number of hydrogen-bond acceptors (Lipinski definition) is 2. The summed E-state index contributed by atoms with van der Waals surface area (Å²) in [6.45, 7) is 4.38. The second-order valence-electron chi connectivity index (χ2n) is 4.39. The number of carbonyl (C=O) groups is 1. The number of rotatable bonds is 6. The molecule has 0 saturated carbocycles. The Morgan fingerprint density at radius 2 is 2.12 bits per heavy atom. The van der Waals surface area contributed by atoms with Crippen LogP contribution in [-0.2, 0) is 11.2 Å². The first-order valence-electron chi connectivity index (χ1n) is 5.78. The average Bonchev–Trinajstić information content (AvgIpc) is 2.29. The van der Waals surface area contributed by atoms with Crippen LogP contribution in [0.4, 0.5) is 4.39 Å². The molecule has 0 radical (unpaired) electrons. The number of carbonyl (C=O) groups excluding carboxylic acids is 1. The summed E-state index contributed by atoms with van der Waals surface area (Å²) in [6.07, 6.45) is 1.15. The number of benzene rings is 1. The molecule has 1 rings (SSSR count). The summed E-state index contributed by atoms with van der Waals surface area (Å²) < 4.78 is 13.5. The summed E-state index contributed by atoms with van der Waals surface area (Å²) in [7, 11) is 0. The predicted molar refractivity (Wildman–Crippen MR) is 66.0 cm³/mol. The zero-order valence-corrected chi connectivity index (χ0v) is 10.3. The second kappa shape index (κ2) is 5.77. The van der Waals surface area contributed by atoms with Gasteiger partial charge in [-0.15, -0.1) is 0 Å². The Hall–Kier alpha value is -1.42. The first kappa shape index (κ1) is 13.6. The van der Waals surface area contributed by atoms with Crippen molar-refractivity contribution in [3.8, 4) is 0 Å². The molecule has 0 aromatic heterocycles. The molecule has 0 aliphatic heterocycles. The lowest BCUT2D eigenvalue weighted by molar-refractivity contribution is -0.123. The highest BCUT2D eigenvalue weighted by atomic mass is 19.1. The van der Waals surface area contributed by atoms with Gasteiger partial charge in [-0.25, -0.2) is 4.39 Å². The van der Waals surface area contributed by atoms with Gasteiger partial charge in [-0.3, -0.25) is 4.79 Å². The van der Waals surface area contributed by atoms with Crippen molar-refractivity contribution in [3.63, 3.8) is 0 Å². The van der Waals surface area contributed by atoms with Crippen LogP contribution in [0.25, 0.3) is 0 Å². The van der Waals surface area contributed by atoms with E-state index in [0.29, 0.717) is 12.1 Å². The third-order valence-electron chi connectivity index (χ3n) is 2.81. The molecule has 1 atom stereocenters. The molecule has 0 bridgehead atoms. The summed E-state index contributed by atoms with van der Waals surface area (Å²) in [6, 6.07) is 6.43. The minimum atomic E-state index is -0.905. The van der Waals surface area contributed by atoms with Gasteiger partial charge in [-0.05, 0) is 31.5 Å². The van der Waals surface area contributed by atoms with E-state index in [0.717, 1.165) is 6.42 Å². The van der Waals surface area contributed by atoms with Gasteiger partial charge in [0, 0.05) is 6.42 Å². The second-order valence-corrected chi connectivity index (χ2v) is 4.39. The van der Waals surface area contributed by atoms with Gasteiger partial charge in [0.2, 0.25) is 5.91 Å². The Morgan fingerprint density at radius 1 is 1.47 bits per heavy atom. The lowest BCUT2D eigenvalue weighted by Gasteiger charge is -2.27. The summed E-state index contributed by atoms with van der Waals surface area (Å²) in [5, 5.41) is 3.08. The van der Waals surface area contributed by atoms with E-state index in [1.165, 1.54) is 6.07 Å². The fraction of sp³-hybridized carbons (Fsp3) is 0.462. The maximum absolute atomic E-state index is 13.5. The largest absolute Gasteiger partial charge is 0.368 e. The van der Waals surface area contributed by atoms with Crippen LogP contribution in [0.15, 0.2) is 24.3 Å². The molecule has 0 heterocycles. The molecule has 1 aromatic carbocycles. The van der Waals surface area contributed by atoms with Gasteiger partial charge in [0.05, 0.1) is 5.54 Å². The van der Waals surface area contributed by atoms with Crippen molar-refractivity contribution in [2.75, 3.05) is 6.54 Å². The molecule has 1 unspecified atom stereocenters. The van der Waals surface area contributed by atoms with E-state index in [2.05, 4.69) is 5.32 Å². The van der Waals surface area contributed by atoms with Crippen molar-refractivity contribution in [1.82, 2.24) is 5.32 Å². The minimum Gasteiger partial charge on any atom is -0.368 e. The molecule has 4 heteroatoms. The molecule has 94 valence electrons. The monoisotopic (exact) mass is 238 g/mol. The lowest BCUT2D eigenvalue weighted by Crippen LogP contribution is -2.55. The van der Waals surface area contributed by atoms with E-state index >= 15 is 0 Å². The Labute approximate surface area is 101 Å². The first-order valence-corrected chi connectivity index (χ1v) is 5.78. The Balaban J connectivity index is 2.87. The average molecular weight is 238 g/mol. The van der Waals surface area contributed by atoms with Crippen molar-refractivity contribution < 1.29 is 9.18 Å². The van der Waals surface area contributed by atoms with E-state index in [1.54, 1.807) is 25.1 Å². The summed E-state index contributed by atoms with van der Waals surface area (Å²) in [5.41, 5.74) is 4.98. The van der Waals surface area contributed by atoms with Crippen LogP contribution in [-0.4, -0.2) is 18.0 Å². The molecule has 1 aromatic rings. The number of halogens is 1. The summed E-state index contributed by atoms with van der Waals surface area (Å²) >= 11 is 0. The highest BCUT2D eigenvalue weighted by molar-refractivity contribution is 5.84. The van der Waals surface area contributed by atoms with Crippen molar-refractivity contribution in [3.05, 3.63) is 35.6 Å². The maximum Gasteiger partial charge on any atom is 0.237 e. The molecular formula is C13H19FN2O. The smallest absolute Gasteiger partial charge is 0.237 e. The van der Waals surface area contributed by atoms with Gasteiger partial charge >= 0.3 is 0 Å². The van der Waals surface area contributed by atoms with Crippen molar-refractivity contribution in [1.29, 1.82) is 0 Å². The summed E-state index contributed by atoms with van der Waals surface area (Å²) in [4.78, 5) is 11.5. The topological polar surface area (TPSA) is 55.1 Å². The number of hydrogen-bond donors (Lipinski definition) is 2. The molecule has 0 aliphatic rings. The molecule has 1 amide bonds. The van der Waals surface area contributed by atoms with E-state index in [9.17, 15) is 9.18 Å². The van der Waals surface area contributed by atoms with E-state index in [-0.39, 0.29) is 12.2 Å². The van der Waals surface area contributed by atoms with Crippen LogP contribution >= 0.6 is 0 Å². The molecule has 0 spiro atoms. The quantitative estimate of drug-likeness (QED) is 0.791. The van der Waals surface area contributed by atoms with E-state index in [1.807, 2.05) is 6.92 Å². The highest BCUT2D eigenvalue weighted by Gasteiger charge is 2.31. The molecule has 0 saturated heterocycles. The highest BCUT2D eigenvalue weighted by Crippen LogP contribution is 2.16. The van der Waals surface area contributed by atoms with Gasteiger partial charge in [-0.1, -0.05) is 25.1 Å². The molecule has 0 aliphatic carbocycles. The Kier molecular flexibility index (Phi) is 4.63. The molecule has 0 fully saturated rings. The standard InChI is InChI=1S/C13H19FN2O/c1-3-8-16-13(2,12(15)17)9-10-6-4-5-7-11(10)14/h4-7,16H,3,8-9H2,1-2H3,(H2,15,17). The molecular weight excluding hydrogens is 219 g/mol. The lowest BCUT2D eigenvalue weighted by atomic mass is 9.91. The van der Waals surface area contributed by atoms with Crippen LogP contribution < -0.4 is 11.1 Å². The molecule has 3 N–H and O–H groups in total. The summed E-state index contributed by atoms with van der Waals surface area (Å²) in [5.74, 6) is -0.771. The predicted octanol–water partition coefficient (Wildman–Crippen LogP) is 1.61. The van der Waals surface area contributed by atoms with Crippen molar-refractivity contribution >= 4 is 5.91 Å². The van der Waals surface area contributed by atoms with Crippen LogP contribution in [0.1, 0.15) is 25.8 Å². The van der Waals surface area contributed by atoms with E-state index < -0.39 is 11.4 Å². The third kappa shape index (κ3) is 3.53. The fourth-order valence-electron chi connectivity index (χ4n) is 1.66. The number of nitrogens with one attached hydrogen (secondary N) is 1.